The minimum absolute atomic E-state index is 0.0150. The van der Waals surface area contributed by atoms with Gasteiger partial charge in [0.1, 0.15) is 0 Å². The fourth-order valence-corrected chi connectivity index (χ4v) is 1.36. The van der Waals surface area contributed by atoms with Crippen molar-refractivity contribution in [2.75, 3.05) is 0 Å². The van der Waals surface area contributed by atoms with E-state index in [1.165, 1.54) is 4.68 Å². The highest BCUT2D eigenvalue weighted by atomic mass is 16.3. The lowest BCUT2D eigenvalue weighted by Crippen LogP contribution is -2.02. The molecule has 0 bridgehead atoms. The molecule has 0 unspecified atom stereocenters. The molecule has 15 heavy (non-hydrogen) atoms. The van der Waals surface area contributed by atoms with Gasteiger partial charge in [0.15, 0.2) is 10.7 Å². The van der Waals surface area contributed by atoms with Gasteiger partial charge >= 0.3 is 5.69 Å². The summed E-state index contributed by atoms with van der Waals surface area (Å²) in [6, 6.07) is 8.98. The van der Waals surface area contributed by atoms with Gasteiger partial charge in [0.2, 0.25) is 5.39 Å². The molecule has 0 radical (unpaired) electrons. The molecule has 0 amide bonds. The number of nitrogens with zero attached hydrogens (tertiary/aromatic N) is 4. The van der Waals surface area contributed by atoms with E-state index >= 15 is 0 Å². The Hall–Kier alpha value is -2.35. The van der Waals surface area contributed by atoms with Crippen molar-refractivity contribution in [2.24, 2.45) is 0 Å². The summed E-state index contributed by atoms with van der Waals surface area (Å²) in [4.78, 5) is 2.92. The Kier molecular flexibility index (Phi) is 2.10. The predicted molar refractivity (Wildman–Crippen MR) is 52.5 cm³/mol. The van der Waals surface area contributed by atoms with Gasteiger partial charge in [-0.05, 0) is 19.1 Å². The Labute approximate surface area is 86.2 Å². The van der Waals surface area contributed by atoms with Gasteiger partial charge in [0, 0.05) is 0 Å². The minimum atomic E-state index is -0.416. The minimum Gasteiger partial charge on any atom is -0.853 e. The van der Waals surface area contributed by atoms with E-state index in [9.17, 15) is 5.11 Å². The van der Waals surface area contributed by atoms with Gasteiger partial charge in [0.05, 0.1) is 11.6 Å². The van der Waals surface area contributed by atoms with E-state index in [1.54, 1.807) is 19.1 Å². The van der Waals surface area contributed by atoms with Gasteiger partial charge in [-0.15, -0.1) is 0 Å². The molecule has 0 aliphatic rings. The molecule has 5 heteroatoms. The van der Waals surface area contributed by atoms with Gasteiger partial charge in [-0.2, -0.15) is 5.10 Å². The third-order valence-electron chi connectivity index (χ3n) is 2.09. The van der Waals surface area contributed by atoms with Crippen LogP contribution in [-0.2, 0) is 0 Å². The average molecular weight is 200 g/mol. The van der Waals surface area contributed by atoms with Crippen LogP contribution < -0.4 is 5.11 Å². The molecule has 0 fully saturated rings. The van der Waals surface area contributed by atoms with Crippen molar-refractivity contribution in [1.29, 1.82) is 5.39 Å². The third-order valence-corrected chi connectivity index (χ3v) is 2.09. The highest BCUT2D eigenvalue weighted by Gasteiger charge is 2.19. The molecule has 5 nitrogen and oxygen atoms in total. The molecule has 0 saturated carbocycles. The zero-order valence-corrected chi connectivity index (χ0v) is 8.08. The summed E-state index contributed by atoms with van der Waals surface area (Å²) in [5.74, 6) is -0.416. The molecule has 74 valence electrons. The van der Waals surface area contributed by atoms with Crippen molar-refractivity contribution >= 4 is 5.69 Å². The summed E-state index contributed by atoms with van der Waals surface area (Å²) in [6.07, 6.45) is 0. The fraction of sp³-hybridized carbons (Fsp3) is 0.100. The van der Waals surface area contributed by atoms with E-state index in [0.717, 1.165) is 0 Å². The number of aromatic nitrogens is 2. The third kappa shape index (κ3) is 1.42. The lowest BCUT2D eigenvalue weighted by Gasteiger charge is -2.06. The maximum Gasteiger partial charge on any atom is 0.418 e. The maximum atomic E-state index is 11.7. The van der Waals surface area contributed by atoms with Crippen molar-refractivity contribution in [3.63, 3.8) is 0 Å². The van der Waals surface area contributed by atoms with Gasteiger partial charge in [0.25, 0.3) is 0 Å². The molecule has 0 aliphatic heterocycles. The average Bonchev–Trinajstić information content (AvgIpc) is 2.55. The topological polar surface area (TPSA) is 69.0 Å². The smallest absolute Gasteiger partial charge is 0.418 e. The van der Waals surface area contributed by atoms with Crippen molar-refractivity contribution in [1.82, 2.24) is 9.78 Å². The number of aryl methyl sites for hydroxylation is 1. The van der Waals surface area contributed by atoms with E-state index in [2.05, 4.69) is 10.1 Å². The van der Waals surface area contributed by atoms with Crippen LogP contribution in [0.25, 0.3) is 10.7 Å². The first kappa shape index (κ1) is 9.21. The van der Waals surface area contributed by atoms with Crippen LogP contribution in [0.1, 0.15) is 5.69 Å². The maximum absolute atomic E-state index is 11.7. The molecular weight excluding hydrogens is 192 g/mol. The van der Waals surface area contributed by atoms with Gasteiger partial charge in [-0.1, -0.05) is 18.2 Å². The van der Waals surface area contributed by atoms with Crippen LogP contribution in [0.15, 0.2) is 30.3 Å². The van der Waals surface area contributed by atoms with Crippen molar-refractivity contribution in [2.45, 2.75) is 6.92 Å². The van der Waals surface area contributed by atoms with Gasteiger partial charge in [-0.3, -0.25) is 0 Å². The zero-order chi connectivity index (χ0) is 10.8. The summed E-state index contributed by atoms with van der Waals surface area (Å²) in [5, 5.41) is 24.3. The number of diazo groups is 1. The number of hydrogen-bond donors (Lipinski definition) is 0. The molecule has 0 aliphatic carbocycles. The monoisotopic (exact) mass is 200 g/mol. The Morgan fingerprint density at radius 2 is 2.00 bits per heavy atom. The normalized spacial score (nSPS) is 9.87. The molecule has 0 spiro atoms. The molecule has 0 N–H and O–H groups in total. The lowest BCUT2D eigenvalue weighted by atomic mass is 10.3. The second-order valence-corrected chi connectivity index (χ2v) is 3.09. The lowest BCUT2D eigenvalue weighted by molar-refractivity contribution is -0.276. The molecule has 0 saturated heterocycles. The summed E-state index contributed by atoms with van der Waals surface area (Å²) >= 11 is 0. The van der Waals surface area contributed by atoms with E-state index in [1.807, 2.05) is 18.2 Å². The van der Waals surface area contributed by atoms with Crippen molar-refractivity contribution in [3.8, 4) is 11.6 Å². The van der Waals surface area contributed by atoms with Crippen LogP contribution in [0.5, 0.6) is 5.88 Å². The van der Waals surface area contributed by atoms with E-state index in [-0.39, 0.29) is 5.69 Å². The Bertz CT molecular complexity index is 524. The van der Waals surface area contributed by atoms with Crippen LogP contribution in [0.2, 0.25) is 0 Å². The molecule has 2 aromatic rings. The standard InChI is InChI=1S/C10H8N4O/c1-7-9(12-11)10(15)14(13-7)8-5-3-2-4-6-8/h2-6H,1H3. The zero-order valence-electron chi connectivity index (χ0n) is 8.08. The van der Waals surface area contributed by atoms with Gasteiger partial charge in [-0.25, -0.2) is 4.68 Å². The summed E-state index contributed by atoms with van der Waals surface area (Å²) < 4.78 is 1.21. The Morgan fingerprint density at radius 1 is 1.33 bits per heavy atom. The number of para-hydroxylation sites is 1. The van der Waals surface area contributed by atoms with Crippen LogP contribution in [0.4, 0.5) is 5.69 Å². The number of hydrogen-bond acceptors (Lipinski definition) is 3. The van der Waals surface area contributed by atoms with Crippen LogP contribution in [-0.4, -0.2) is 9.78 Å². The highest BCUT2D eigenvalue weighted by molar-refractivity contribution is 5.58. The fourth-order valence-electron chi connectivity index (χ4n) is 1.36. The Morgan fingerprint density at radius 3 is 2.53 bits per heavy atom. The summed E-state index contributed by atoms with van der Waals surface area (Å²) in [7, 11) is 0. The molecular formula is C10H8N4O. The number of rotatable bonds is 1. The van der Waals surface area contributed by atoms with E-state index in [0.29, 0.717) is 11.4 Å². The summed E-state index contributed by atoms with van der Waals surface area (Å²) in [5.41, 5.74) is 1.05. The quantitative estimate of drug-likeness (QED) is 0.658. The van der Waals surface area contributed by atoms with Crippen LogP contribution in [0.3, 0.4) is 0 Å². The summed E-state index contributed by atoms with van der Waals surface area (Å²) in [6.45, 7) is 1.62. The first-order valence-corrected chi connectivity index (χ1v) is 4.41. The second-order valence-electron chi connectivity index (χ2n) is 3.09. The SMILES string of the molecule is Cc1nn(-c2ccccc2)c([O-])c1[N+]#N. The molecule has 0 atom stereocenters. The second kappa shape index (κ2) is 3.42. The first-order valence-electron chi connectivity index (χ1n) is 4.41. The molecule has 1 aromatic heterocycles. The Balaban J connectivity index is 2.62. The molecule has 2 rings (SSSR count). The predicted octanol–water partition coefficient (Wildman–Crippen LogP) is 1.74. The highest BCUT2D eigenvalue weighted by Crippen LogP contribution is 2.29. The largest absolute Gasteiger partial charge is 0.853 e. The van der Waals surface area contributed by atoms with Crippen molar-refractivity contribution < 1.29 is 5.11 Å². The first-order chi connectivity index (χ1) is 7.24. The number of benzene rings is 1. The van der Waals surface area contributed by atoms with E-state index in [4.69, 9.17) is 5.39 Å². The van der Waals surface area contributed by atoms with Crippen LogP contribution in [0, 0.1) is 12.3 Å². The van der Waals surface area contributed by atoms with Crippen molar-refractivity contribution in [3.05, 3.63) is 41.0 Å². The van der Waals surface area contributed by atoms with Gasteiger partial charge < -0.3 is 5.11 Å². The van der Waals surface area contributed by atoms with E-state index < -0.39 is 5.88 Å². The molecule has 1 heterocycles. The molecule has 1 aromatic carbocycles. The van der Waals surface area contributed by atoms with Crippen LogP contribution >= 0.6 is 0 Å².